The van der Waals surface area contributed by atoms with Gasteiger partial charge in [-0.2, -0.15) is 0 Å². The lowest BCUT2D eigenvalue weighted by molar-refractivity contribution is 0.0706. The van der Waals surface area contributed by atoms with Crippen molar-refractivity contribution in [3.8, 4) is 0 Å². The molecule has 132 valence electrons. The zero-order valence-electron chi connectivity index (χ0n) is 15.0. The number of benzene rings is 2. The van der Waals surface area contributed by atoms with Gasteiger partial charge in [0.25, 0.3) is 11.8 Å². The highest BCUT2D eigenvalue weighted by atomic mass is 16.5. The summed E-state index contributed by atoms with van der Waals surface area (Å²) in [7, 11) is 0. The molecule has 2 aromatic carbocycles. The molecule has 0 bridgehead atoms. The van der Waals surface area contributed by atoms with Gasteiger partial charge in [-0.25, -0.2) is 5.48 Å². The molecule has 25 heavy (non-hydrogen) atoms. The maximum Gasteiger partial charge on any atom is 0.274 e. The van der Waals surface area contributed by atoms with Crippen LogP contribution in [0.5, 0.6) is 0 Å². The molecule has 0 aliphatic carbocycles. The maximum atomic E-state index is 12.4. The van der Waals surface area contributed by atoms with Gasteiger partial charge in [0.05, 0.1) is 6.04 Å². The number of nitrogens with one attached hydrogen (secondary N) is 2. The monoisotopic (exact) mass is 340 g/mol. The van der Waals surface area contributed by atoms with Crippen molar-refractivity contribution in [1.82, 2.24) is 10.8 Å². The first-order valence-electron chi connectivity index (χ1n) is 8.18. The molecule has 0 spiro atoms. The van der Waals surface area contributed by atoms with Crippen molar-refractivity contribution in [2.45, 2.75) is 39.2 Å². The van der Waals surface area contributed by atoms with E-state index in [1.54, 1.807) is 29.7 Å². The molecular formula is C20H24N2O3. The van der Waals surface area contributed by atoms with E-state index in [1.165, 1.54) is 5.56 Å². The number of hydroxylamine groups is 1. The Kier molecular flexibility index (Phi) is 5.59. The van der Waals surface area contributed by atoms with Gasteiger partial charge in [-0.05, 0) is 47.7 Å². The molecule has 0 saturated carbocycles. The minimum atomic E-state index is -0.567. The van der Waals surface area contributed by atoms with Crippen molar-refractivity contribution in [3.63, 3.8) is 0 Å². The predicted octanol–water partition coefficient (Wildman–Crippen LogP) is 3.59. The van der Waals surface area contributed by atoms with Gasteiger partial charge in [-0.1, -0.05) is 45.0 Å². The number of amides is 2. The summed E-state index contributed by atoms with van der Waals surface area (Å²) in [6, 6.07) is 14.1. The smallest absolute Gasteiger partial charge is 0.274 e. The molecule has 1 unspecified atom stereocenters. The Morgan fingerprint density at radius 3 is 1.84 bits per heavy atom. The third-order valence-corrected chi connectivity index (χ3v) is 4.14. The molecule has 5 heteroatoms. The van der Waals surface area contributed by atoms with Gasteiger partial charge >= 0.3 is 0 Å². The summed E-state index contributed by atoms with van der Waals surface area (Å²) in [4.78, 5) is 23.7. The van der Waals surface area contributed by atoms with Crippen LogP contribution in [0.2, 0.25) is 0 Å². The molecule has 0 saturated heterocycles. The van der Waals surface area contributed by atoms with Crippen LogP contribution in [-0.2, 0) is 5.41 Å². The molecule has 0 aliphatic heterocycles. The lowest BCUT2D eigenvalue weighted by Crippen LogP contribution is -2.27. The standard InChI is InChI=1S/C20H24N2O3/c1-13(14-5-7-16(8-6-14)19(24)22-25)21-18(23)15-9-11-17(12-10-15)20(2,3)4/h5-13,25H,1-4H3,(H,21,23)(H,22,24). The number of hydrogen-bond acceptors (Lipinski definition) is 3. The van der Waals surface area contributed by atoms with Gasteiger partial charge in [0, 0.05) is 11.1 Å². The van der Waals surface area contributed by atoms with E-state index in [1.807, 2.05) is 31.2 Å². The van der Waals surface area contributed by atoms with Crippen molar-refractivity contribution in [3.05, 3.63) is 70.8 Å². The third-order valence-electron chi connectivity index (χ3n) is 4.14. The largest absolute Gasteiger partial charge is 0.346 e. The second-order valence-electron chi connectivity index (χ2n) is 7.09. The Bertz CT molecular complexity index is 744. The van der Waals surface area contributed by atoms with Crippen LogP contribution >= 0.6 is 0 Å². The zero-order chi connectivity index (χ0) is 18.6. The highest BCUT2D eigenvalue weighted by Crippen LogP contribution is 2.22. The fraction of sp³-hybridized carbons (Fsp3) is 0.300. The van der Waals surface area contributed by atoms with Gasteiger partial charge in [-0.3, -0.25) is 14.8 Å². The van der Waals surface area contributed by atoms with Crippen LogP contribution in [0.4, 0.5) is 0 Å². The second-order valence-corrected chi connectivity index (χ2v) is 7.09. The molecule has 0 fully saturated rings. The fourth-order valence-corrected chi connectivity index (χ4v) is 2.47. The Labute approximate surface area is 148 Å². The quantitative estimate of drug-likeness (QED) is 0.588. The van der Waals surface area contributed by atoms with Crippen molar-refractivity contribution >= 4 is 11.8 Å². The Balaban J connectivity index is 2.05. The number of rotatable bonds is 4. The van der Waals surface area contributed by atoms with E-state index < -0.39 is 5.91 Å². The predicted molar refractivity (Wildman–Crippen MR) is 96.7 cm³/mol. The van der Waals surface area contributed by atoms with Crippen LogP contribution in [0.25, 0.3) is 0 Å². The molecule has 5 nitrogen and oxygen atoms in total. The molecular weight excluding hydrogens is 316 g/mol. The van der Waals surface area contributed by atoms with Crippen molar-refractivity contribution in [2.24, 2.45) is 0 Å². The van der Waals surface area contributed by atoms with Crippen LogP contribution in [0.15, 0.2) is 48.5 Å². The van der Waals surface area contributed by atoms with E-state index in [4.69, 9.17) is 5.21 Å². The molecule has 2 aromatic rings. The Morgan fingerprint density at radius 1 is 0.880 bits per heavy atom. The van der Waals surface area contributed by atoms with Gasteiger partial charge in [0.15, 0.2) is 0 Å². The molecule has 1 atom stereocenters. The van der Waals surface area contributed by atoms with Crippen molar-refractivity contribution in [1.29, 1.82) is 0 Å². The average molecular weight is 340 g/mol. The Morgan fingerprint density at radius 2 is 1.36 bits per heavy atom. The van der Waals surface area contributed by atoms with Crippen LogP contribution < -0.4 is 10.8 Å². The SMILES string of the molecule is CC(NC(=O)c1ccc(C(C)(C)C)cc1)c1ccc(C(=O)NO)cc1. The maximum absolute atomic E-state index is 12.4. The molecule has 2 rings (SSSR count). The Hall–Kier alpha value is -2.66. The van der Waals surface area contributed by atoms with E-state index in [2.05, 4.69) is 26.1 Å². The lowest BCUT2D eigenvalue weighted by atomic mass is 9.86. The number of hydrogen-bond donors (Lipinski definition) is 3. The summed E-state index contributed by atoms with van der Waals surface area (Å²) in [6.45, 7) is 8.27. The highest BCUT2D eigenvalue weighted by Gasteiger charge is 2.16. The van der Waals surface area contributed by atoms with Crippen molar-refractivity contribution in [2.75, 3.05) is 0 Å². The first-order chi connectivity index (χ1) is 11.7. The summed E-state index contributed by atoms with van der Waals surface area (Å²) in [5.41, 5.74) is 4.64. The average Bonchev–Trinajstić information content (AvgIpc) is 2.60. The fourth-order valence-electron chi connectivity index (χ4n) is 2.47. The number of carbonyl (C=O) groups is 2. The summed E-state index contributed by atoms with van der Waals surface area (Å²) < 4.78 is 0. The molecule has 0 radical (unpaired) electrons. The third kappa shape index (κ3) is 4.67. The molecule has 0 aromatic heterocycles. The topological polar surface area (TPSA) is 78.4 Å². The number of carbonyl (C=O) groups excluding carboxylic acids is 2. The minimum Gasteiger partial charge on any atom is -0.346 e. The van der Waals surface area contributed by atoms with Gasteiger partial charge in [0.1, 0.15) is 0 Å². The van der Waals surface area contributed by atoms with Crippen molar-refractivity contribution < 1.29 is 14.8 Å². The van der Waals surface area contributed by atoms with Gasteiger partial charge < -0.3 is 5.32 Å². The summed E-state index contributed by atoms with van der Waals surface area (Å²) >= 11 is 0. The van der Waals surface area contributed by atoms with Crippen LogP contribution in [0.3, 0.4) is 0 Å². The zero-order valence-corrected chi connectivity index (χ0v) is 15.0. The highest BCUT2D eigenvalue weighted by molar-refractivity contribution is 5.95. The van der Waals surface area contributed by atoms with E-state index in [-0.39, 0.29) is 17.4 Å². The molecule has 0 heterocycles. The second kappa shape index (κ2) is 7.49. The summed E-state index contributed by atoms with van der Waals surface area (Å²) in [6.07, 6.45) is 0. The van der Waals surface area contributed by atoms with E-state index in [9.17, 15) is 9.59 Å². The first kappa shape index (κ1) is 18.7. The van der Waals surface area contributed by atoms with E-state index in [0.717, 1.165) is 5.56 Å². The van der Waals surface area contributed by atoms with Crippen LogP contribution in [-0.4, -0.2) is 17.0 Å². The summed E-state index contributed by atoms with van der Waals surface area (Å²) in [5, 5.41) is 11.6. The lowest BCUT2D eigenvalue weighted by Gasteiger charge is -2.19. The normalized spacial score (nSPS) is 12.4. The van der Waals surface area contributed by atoms with Crippen LogP contribution in [0, 0.1) is 0 Å². The minimum absolute atomic E-state index is 0.0465. The molecule has 0 aliphatic rings. The summed E-state index contributed by atoms with van der Waals surface area (Å²) in [5.74, 6) is -0.715. The molecule has 2 amide bonds. The van der Waals surface area contributed by atoms with E-state index in [0.29, 0.717) is 11.1 Å². The van der Waals surface area contributed by atoms with Gasteiger partial charge in [-0.15, -0.1) is 0 Å². The van der Waals surface area contributed by atoms with E-state index >= 15 is 0 Å². The molecule has 3 N–H and O–H groups in total. The van der Waals surface area contributed by atoms with Crippen LogP contribution in [0.1, 0.15) is 65.6 Å². The van der Waals surface area contributed by atoms with Gasteiger partial charge in [0.2, 0.25) is 0 Å². The first-order valence-corrected chi connectivity index (χ1v) is 8.18.